The molecule has 0 heterocycles. The summed E-state index contributed by atoms with van der Waals surface area (Å²) < 4.78 is 30.6. The van der Waals surface area contributed by atoms with E-state index in [1.807, 2.05) is 19.1 Å². The maximum Gasteiger partial charge on any atom is 0.343 e. The molecular weight excluding hydrogens is 290 g/mol. The minimum absolute atomic E-state index is 0.0943. The number of aryl methyl sites for hydroxylation is 1. The summed E-state index contributed by atoms with van der Waals surface area (Å²) >= 11 is 0. The molecule has 0 saturated heterocycles. The van der Waals surface area contributed by atoms with Crippen LogP contribution in [0.1, 0.15) is 15.9 Å². The van der Waals surface area contributed by atoms with Crippen LogP contribution < -0.4 is 9.46 Å². The van der Waals surface area contributed by atoms with Gasteiger partial charge in [0.15, 0.2) is 0 Å². The quantitative estimate of drug-likeness (QED) is 0.694. The van der Waals surface area contributed by atoms with E-state index in [0.717, 1.165) is 5.56 Å². The highest BCUT2D eigenvalue weighted by Crippen LogP contribution is 2.15. The predicted molar refractivity (Wildman–Crippen MR) is 78.8 cm³/mol. The molecule has 0 radical (unpaired) electrons. The number of esters is 1. The number of hydrogen-bond acceptors (Lipinski definition) is 4. The smallest absolute Gasteiger partial charge is 0.343 e. The highest BCUT2D eigenvalue weighted by Gasteiger charge is 2.13. The first-order chi connectivity index (χ1) is 9.92. The van der Waals surface area contributed by atoms with E-state index in [1.54, 1.807) is 12.1 Å². The first-order valence-corrected chi connectivity index (χ1v) is 7.73. The molecule has 0 aliphatic heterocycles. The molecule has 0 fully saturated rings. The molecule has 0 aromatic heterocycles. The highest BCUT2D eigenvalue weighted by atomic mass is 32.2. The Morgan fingerprint density at radius 3 is 2.10 bits per heavy atom. The fourth-order valence-corrected chi connectivity index (χ4v) is 2.39. The molecule has 110 valence electrons. The van der Waals surface area contributed by atoms with Gasteiger partial charge < -0.3 is 4.74 Å². The Balaban J connectivity index is 2.15. The molecule has 0 aliphatic rings. The number of rotatable bonds is 4. The van der Waals surface area contributed by atoms with Crippen LogP contribution in [-0.4, -0.2) is 21.4 Å². The van der Waals surface area contributed by atoms with Crippen molar-refractivity contribution in [1.29, 1.82) is 0 Å². The van der Waals surface area contributed by atoms with E-state index in [-0.39, 0.29) is 10.5 Å². The molecule has 0 spiro atoms. The Bertz CT molecular complexity index is 734. The Morgan fingerprint density at radius 2 is 1.57 bits per heavy atom. The van der Waals surface area contributed by atoms with E-state index in [9.17, 15) is 13.2 Å². The van der Waals surface area contributed by atoms with Gasteiger partial charge in [-0.15, -0.1) is 0 Å². The van der Waals surface area contributed by atoms with Crippen molar-refractivity contribution in [1.82, 2.24) is 4.72 Å². The lowest BCUT2D eigenvalue weighted by atomic mass is 10.2. The third kappa shape index (κ3) is 3.68. The van der Waals surface area contributed by atoms with Gasteiger partial charge in [0.2, 0.25) is 10.0 Å². The van der Waals surface area contributed by atoms with Crippen LogP contribution in [0.25, 0.3) is 0 Å². The average Bonchev–Trinajstić information content (AvgIpc) is 2.49. The van der Waals surface area contributed by atoms with Crippen molar-refractivity contribution < 1.29 is 17.9 Å². The van der Waals surface area contributed by atoms with Crippen LogP contribution >= 0.6 is 0 Å². The van der Waals surface area contributed by atoms with Crippen LogP contribution in [-0.2, 0) is 10.0 Å². The van der Waals surface area contributed by atoms with Gasteiger partial charge in [0.1, 0.15) is 5.75 Å². The number of hydrogen-bond donors (Lipinski definition) is 1. The van der Waals surface area contributed by atoms with Gasteiger partial charge in [0.25, 0.3) is 0 Å². The van der Waals surface area contributed by atoms with Crippen LogP contribution in [0.4, 0.5) is 0 Å². The molecule has 2 aromatic rings. The lowest BCUT2D eigenvalue weighted by molar-refractivity contribution is 0.0734. The van der Waals surface area contributed by atoms with E-state index in [4.69, 9.17) is 4.74 Å². The Kier molecular flexibility index (Phi) is 4.40. The fraction of sp³-hybridized carbons (Fsp3) is 0.133. The number of ether oxygens (including phenoxy) is 1. The van der Waals surface area contributed by atoms with Crippen LogP contribution in [0.5, 0.6) is 5.75 Å². The topological polar surface area (TPSA) is 72.5 Å². The number of carbonyl (C=O) groups is 1. The zero-order chi connectivity index (χ0) is 15.5. The van der Waals surface area contributed by atoms with Crippen molar-refractivity contribution in [2.45, 2.75) is 11.8 Å². The first kappa shape index (κ1) is 15.2. The van der Waals surface area contributed by atoms with Crippen LogP contribution in [0.3, 0.4) is 0 Å². The second kappa shape index (κ2) is 6.07. The van der Waals surface area contributed by atoms with E-state index in [1.165, 1.54) is 31.3 Å². The van der Waals surface area contributed by atoms with Gasteiger partial charge in [-0.25, -0.2) is 17.9 Å². The third-order valence-corrected chi connectivity index (χ3v) is 4.33. The molecule has 1 N–H and O–H groups in total. The summed E-state index contributed by atoms with van der Waals surface area (Å²) in [7, 11) is -2.18. The van der Waals surface area contributed by atoms with Gasteiger partial charge in [-0.05, 0) is 50.4 Å². The maximum absolute atomic E-state index is 11.9. The second-order valence-corrected chi connectivity index (χ2v) is 6.32. The highest BCUT2D eigenvalue weighted by molar-refractivity contribution is 7.89. The van der Waals surface area contributed by atoms with Crippen LogP contribution in [0.15, 0.2) is 53.4 Å². The van der Waals surface area contributed by atoms with Crippen molar-refractivity contribution in [3.63, 3.8) is 0 Å². The molecule has 6 heteroatoms. The molecule has 0 unspecified atom stereocenters. The van der Waals surface area contributed by atoms with Gasteiger partial charge in [-0.1, -0.05) is 17.7 Å². The van der Waals surface area contributed by atoms with Gasteiger partial charge in [0, 0.05) is 0 Å². The van der Waals surface area contributed by atoms with Crippen molar-refractivity contribution in [2.75, 3.05) is 7.05 Å². The number of sulfonamides is 1. The largest absolute Gasteiger partial charge is 0.423 e. The van der Waals surface area contributed by atoms with E-state index in [0.29, 0.717) is 5.75 Å². The number of carbonyl (C=O) groups excluding carboxylic acids is 1. The zero-order valence-electron chi connectivity index (χ0n) is 11.7. The first-order valence-electron chi connectivity index (χ1n) is 6.25. The minimum Gasteiger partial charge on any atom is -0.423 e. The molecule has 2 aromatic carbocycles. The summed E-state index contributed by atoms with van der Waals surface area (Å²) in [5.74, 6) is -0.0928. The summed E-state index contributed by atoms with van der Waals surface area (Å²) in [6, 6.07) is 12.6. The summed E-state index contributed by atoms with van der Waals surface area (Å²) in [5, 5.41) is 0. The van der Waals surface area contributed by atoms with E-state index < -0.39 is 16.0 Å². The van der Waals surface area contributed by atoms with Gasteiger partial charge in [0.05, 0.1) is 10.5 Å². The lowest BCUT2D eigenvalue weighted by Gasteiger charge is -2.06. The number of benzene rings is 2. The van der Waals surface area contributed by atoms with Crippen molar-refractivity contribution in [2.24, 2.45) is 0 Å². The molecule has 0 bridgehead atoms. The van der Waals surface area contributed by atoms with Crippen molar-refractivity contribution in [3.05, 3.63) is 59.7 Å². The normalized spacial score (nSPS) is 11.1. The standard InChI is InChI=1S/C15H15NO4S/c1-11-3-7-13(8-4-11)20-15(17)12-5-9-14(10-6-12)21(18,19)16-2/h3-10,16H,1-2H3. The Labute approximate surface area is 123 Å². The summed E-state index contributed by atoms with van der Waals surface area (Å²) in [6.45, 7) is 1.94. The molecule has 5 nitrogen and oxygen atoms in total. The Hall–Kier alpha value is -2.18. The maximum atomic E-state index is 11.9. The molecule has 21 heavy (non-hydrogen) atoms. The summed E-state index contributed by atoms with van der Waals surface area (Å²) in [6.07, 6.45) is 0. The fourth-order valence-electron chi connectivity index (χ4n) is 1.66. The predicted octanol–water partition coefficient (Wildman–Crippen LogP) is 2.12. The average molecular weight is 305 g/mol. The Morgan fingerprint density at radius 1 is 1.00 bits per heavy atom. The van der Waals surface area contributed by atoms with Gasteiger partial charge in [-0.3, -0.25) is 0 Å². The monoisotopic (exact) mass is 305 g/mol. The van der Waals surface area contributed by atoms with Gasteiger partial charge in [-0.2, -0.15) is 0 Å². The molecule has 0 saturated carbocycles. The molecule has 0 atom stereocenters. The van der Waals surface area contributed by atoms with Crippen molar-refractivity contribution in [3.8, 4) is 5.75 Å². The molecule has 0 amide bonds. The lowest BCUT2D eigenvalue weighted by Crippen LogP contribution is -2.18. The van der Waals surface area contributed by atoms with Crippen molar-refractivity contribution >= 4 is 16.0 Å². The zero-order valence-corrected chi connectivity index (χ0v) is 12.5. The SMILES string of the molecule is CNS(=O)(=O)c1ccc(C(=O)Oc2ccc(C)cc2)cc1. The minimum atomic E-state index is -3.51. The molecule has 0 aliphatic carbocycles. The molecule has 2 rings (SSSR count). The summed E-state index contributed by atoms with van der Waals surface area (Å²) in [5.41, 5.74) is 1.35. The van der Waals surface area contributed by atoms with Crippen LogP contribution in [0.2, 0.25) is 0 Å². The van der Waals surface area contributed by atoms with Crippen LogP contribution in [0, 0.1) is 6.92 Å². The number of nitrogens with one attached hydrogen (secondary N) is 1. The van der Waals surface area contributed by atoms with Gasteiger partial charge >= 0.3 is 5.97 Å². The molecular formula is C15H15NO4S. The van der Waals surface area contributed by atoms with E-state index in [2.05, 4.69) is 4.72 Å². The third-order valence-electron chi connectivity index (χ3n) is 2.90. The second-order valence-electron chi connectivity index (χ2n) is 4.43. The van der Waals surface area contributed by atoms with E-state index >= 15 is 0 Å². The summed E-state index contributed by atoms with van der Waals surface area (Å²) in [4.78, 5) is 12.0.